The first-order valence-corrected chi connectivity index (χ1v) is 8.07. The van der Waals surface area contributed by atoms with Crippen LogP contribution in [0.1, 0.15) is 51.0 Å². The average Bonchev–Trinajstić information content (AvgIpc) is 2.53. The molecule has 4 heteroatoms. The Morgan fingerprint density at radius 1 is 1.27 bits per heavy atom. The van der Waals surface area contributed by atoms with Crippen molar-refractivity contribution in [3.8, 4) is 5.75 Å². The smallest absolute Gasteiger partial charge is 0.142 e. The lowest BCUT2D eigenvalue weighted by Crippen LogP contribution is -2.16. The fourth-order valence-corrected chi connectivity index (χ4v) is 2.48. The fraction of sp³-hybridized carbons (Fsp3) is 0.611. The molecule has 0 spiro atoms. The van der Waals surface area contributed by atoms with Crippen LogP contribution in [0.2, 0.25) is 0 Å². The number of nitrogens with two attached hydrogens (primary N) is 1. The van der Waals surface area contributed by atoms with E-state index in [2.05, 4.69) is 6.92 Å². The lowest BCUT2D eigenvalue weighted by atomic mass is 10.0. The summed E-state index contributed by atoms with van der Waals surface area (Å²) in [7, 11) is 3.29. The average molecular weight is 307 g/mol. The standard InChI is InChI=1S/C18H29NO3/c1-4-5-6-7-16(21-2)13-15(20)10-8-14-9-11-17(19)18(12-14)22-3/h9,11-12,16H,4-8,10,13,19H2,1-3H3. The van der Waals surface area contributed by atoms with Gasteiger partial charge < -0.3 is 15.2 Å². The lowest BCUT2D eigenvalue weighted by Gasteiger charge is -2.14. The number of carbonyl (C=O) groups is 1. The van der Waals surface area contributed by atoms with Crippen molar-refractivity contribution in [2.24, 2.45) is 0 Å². The molecule has 0 aliphatic rings. The SMILES string of the molecule is CCCCCC(CC(=O)CCc1ccc(N)c(OC)c1)OC. The lowest BCUT2D eigenvalue weighted by molar-refractivity contribution is -0.121. The van der Waals surface area contributed by atoms with Crippen LogP contribution in [0.15, 0.2) is 18.2 Å². The number of Topliss-reactive ketones (excluding diaryl/α,β-unsaturated/α-hetero) is 1. The third-order valence-corrected chi connectivity index (χ3v) is 3.91. The van der Waals surface area contributed by atoms with Crippen molar-refractivity contribution in [1.29, 1.82) is 0 Å². The van der Waals surface area contributed by atoms with Gasteiger partial charge in [0.05, 0.1) is 18.9 Å². The summed E-state index contributed by atoms with van der Waals surface area (Å²) in [6, 6.07) is 5.67. The Hall–Kier alpha value is -1.55. The molecule has 0 aliphatic carbocycles. The number of anilines is 1. The van der Waals surface area contributed by atoms with Gasteiger partial charge in [0.25, 0.3) is 0 Å². The number of unbranched alkanes of at least 4 members (excludes halogenated alkanes) is 2. The van der Waals surface area contributed by atoms with Gasteiger partial charge >= 0.3 is 0 Å². The number of carbonyl (C=O) groups excluding carboxylic acids is 1. The molecule has 4 nitrogen and oxygen atoms in total. The first-order chi connectivity index (χ1) is 10.6. The summed E-state index contributed by atoms with van der Waals surface area (Å²) >= 11 is 0. The van der Waals surface area contributed by atoms with Crippen LogP contribution in [0.25, 0.3) is 0 Å². The Kier molecular flexibility index (Phi) is 8.60. The molecule has 22 heavy (non-hydrogen) atoms. The van der Waals surface area contributed by atoms with E-state index >= 15 is 0 Å². The summed E-state index contributed by atoms with van der Waals surface area (Å²) in [5, 5.41) is 0. The van der Waals surface area contributed by atoms with E-state index in [1.165, 1.54) is 12.8 Å². The van der Waals surface area contributed by atoms with Crippen LogP contribution in [0, 0.1) is 0 Å². The zero-order valence-corrected chi connectivity index (χ0v) is 14.1. The normalized spacial score (nSPS) is 12.1. The number of methoxy groups -OCH3 is 2. The number of hydrogen-bond donors (Lipinski definition) is 1. The third-order valence-electron chi connectivity index (χ3n) is 3.91. The van der Waals surface area contributed by atoms with Crippen LogP contribution in [-0.2, 0) is 16.0 Å². The maximum Gasteiger partial charge on any atom is 0.142 e. The Morgan fingerprint density at radius 3 is 2.68 bits per heavy atom. The molecule has 0 bridgehead atoms. The van der Waals surface area contributed by atoms with Crippen molar-refractivity contribution >= 4 is 11.5 Å². The molecule has 0 saturated heterocycles. The van der Waals surface area contributed by atoms with Crippen LogP contribution >= 0.6 is 0 Å². The van der Waals surface area contributed by atoms with Gasteiger partial charge in [-0.25, -0.2) is 0 Å². The highest BCUT2D eigenvalue weighted by Crippen LogP contribution is 2.23. The van der Waals surface area contributed by atoms with Crippen molar-refractivity contribution < 1.29 is 14.3 Å². The van der Waals surface area contributed by atoms with Gasteiger partial charge in [-0.2, -0.15) is 0 Å². The van der Waals surface area contributed by atoms with E-state index in [1.54, 1.807) is 14.2 Å². The zero-order chi connectivity index (χ0) is 16.4. The van der Waals surface area contributed by atoms with E-state index < -0.39 is 0 Å². The maximum absolute atomic E-state index is 12.1. The van der Waals surface area contributed by atoms with Gasteiger partial charge in [0.15, 0.2) is 0 Å². The molecule has 0 aromatic heterocycles. The van der Waals surface area contributed by atoms with Crippen molar-refractivity contribution in [2.75, 3.05) is 20.0 Å². The molecule has 0 fully saturated rings. The Morgan fingerprint density at radius 2 is 2.05 bits per heavy atom. The molecule has 1 atom stereocenters. The number of ketones is 1. The van der Waals surface area contributed by atoms with Crippen molar-refractivity contribution in [2.45, 2.75) is 58.0 Å². The van der Waals surface area contributed by atoms with Crippen molar-refractivity contribution in [3.05, 3.63) is 23.8 Å². The number of nitrogen functional groups attached to an aromatic ring is 1. The monoisotopic (exact) mass is 307 g/mol. The predicted octanol–water partition coefficient (Wildman–Crippen LogP) is 3.76. The summed E-state index contributed by atoms with van der Waals surface area (Å²) in [5.41, 5.74) is 7.48. The van der Waals surface area contributed by atoms with Crippen molar-refractivity contribution in [3.63, 3.8) is 0 Å². The van der Waals surface area contributed by atoms with Gasteiger partial charge in [0.2, 0.25) is 0 Å². The molecule has 2 N–H and O–H groups in total. The topological polar surface area (TPSA) is 61.6 Å². The molecule has 124 valence electrons. The summed E-state index contributed by atoms with van der Waals surface area (Å²) in [5.74, 6) is 0.915. The van der Waals surface area contributed by atoms with E-state index in [9.17, 15) is 4.79 Å². The minimum Gasteiger partial charge on any atom is -0.495 e. The van der Waals surface area contributed by atoms with Gasteiger partial charge in [-0.3, -0.25) is 4.79 Å². The third kappa shape index (κ3) is 6.48. The minimum absolute atomic E-state index is 0.0556. The molecule has 0 aliphatic heterocycles. The van der Waals surface area contributed by atoms with Gasteiger partial charge in [0.1, 0.15) is 11.5 Å². The molecule has 0 amide bonds. The van der Waals surface area contributed by atoms with Gasteiger partial charge in [0, 0.05) is 20.0 Å². The summed E-state index contributed by atoms with van der Waals surface area (Å²) in [4.78, 5) is 12.1. The van der Waals surface area contributed by atoms with E-state index in [0.29, 0.717) is 30.7 Å². The summed E-state index contributed by atoms with van der Waals surface area (Å²) in [6.07, 6.45) is 6.26. The highest BCUT2D eigenvalue weighted by atomic mass is 16.5. The Labute approximate surface area is 134 Å². The Bertz CT molecular complexity index is 460. The highest BCUT2D eigenvalue weighted by Gasteiger charge is 2.13. The Balaban J connectivity index is 2.41. The minimum atomic E-state index is 0.0556. The fourth-order valence-electron chi connectivity index (χ4n) is 2.48. The van der Waals surface area contributed by atoms with Gasteiger partial charge in [-0.15, -0.1) is 0 Å². The van der Waals surface area contributed by atoms with E-state index in [1.807, 2.05) is 18.2 Å². The molecular formula is C18H29NO3. The number of aryl methyl sites for hydroxylation is 1. The largest absolute Gasteiger partial charge is 0.495 e. The summed E-state index contributed by atoms with van der Waals surface area (Å²) in [6.45, 7) is 2.17. The van der Waals surface area contributed by atoms with Crippen LogP contribution < -0.4 is 10.5 Å². The molecule has 0 saturated carbocycles. The molecular weight excluding hydrogens is 278 g/mol. The molecule has 1 aromatic carbocycles. The number of benzene rings is 1. The van der Waals surface area contributed by atoms with Gasteiger partial charge in [-0.1, -0.05) is 32.3 Å². The first-order valence-electron chi connectivity index (χ1n) is 8.07. The highest BCUT2D eigenvalue weighted by molar-refractivity contribution is 5.79. The molecule has 0 heterocycles. The second kappa shape index (κ2) is 10.2. The quantitative estimate of drug-likeness (QED) is 0.499. The first kappa shape index (κ1) is 18.5. The van der Waals surface area contributed by atoms with Crippen LogP contribution in [0.5, 0.6) is 5.75 Å². The number of ether oxygens (including phenoxy) is 2. The zero-order valence-electron chi connectivity index (χ0n) is 14.1. The maximum atomic E-state index is 12.1. The van der Waals surface area contributed by atoms with Crippen molar-refractivity contribution in [1.82, 2.24) is 0 Å². The van der Waals surface area contributed by atoms with Crippen LogP contribution in [-0.4, -0.2) is 26.1 Å². The number of rotatable bonds is 11. The molecule has 1 rings (SSSR count). The second-order valence-corrected chi connectivity index (χ2v) is 5.67. The van der Waals surface area contributed by atoms with E-state index in [-0.39, 0.29) is 11.9 Å². The van der Waals surface area contributed by atoms with Crippen LogP contribution in [0.3, 0.4) is 0 Å². The van der Waals surface area contributed by atoms with E-state index in [4.69, 9.17) is 15.2 Å². The molecule has 1 unspecified atom stereocenters. The second-order valence-electron chi connectivity index (χ2n) is 5.67. The summed E-state index contributed by atoms with van der Waals surface area (Å²) < 4.78 is 10.6. The van der Waals surface area contributed by atoms with Gasteiger partial charge in [-0.05, 0) is 30.5 Å². The van der Waals surface area contributed by atoms with E-state index in [0.717, 1.165) is 18.4 Å². The molecule has 1 aromatic rings. The predicted molar refractivity (Wildman–Crippen MR) is 90.3 cm³/mol. The van der Waals surface area contributed by atoms with Crippen LogP contribution in [0.4, 0.5) is 5.69 Å². The molecule has 0 radical (unpaired) electrons. The number of hydrogen-bond acceptors (Lipinski definition) is 4.